The van der Waals surface area contributed by atoms with Crippen molar-refractivity contribution >= 4 is 23.4 Å². The van der Waals surface area contributed by atoms with Crippen molar-refractivity contribution in [2.45, 2.75) is 20.8 Å². The lowest BCUT2D eigenvalue weighted by Gasteiger charge is -2.11. The van der Waals surface area contributed by atoms with Crippen LogP contribution in [0.3, 0.4) is 0 Å². The molecule has 0 spiro atoms. The largest absolute Gasteiger partial charge is 0.461 e. The van der Waals surface area contributed by atoms with E-state index in [4.69, 9.17) is 22.1 Å². The number of carbonyl (C=O) groups excluding carboxylic acids is 1. The van der Waals surface area contributed by atoms with Gasteiger partial charge in [-0.05, 0) is 44.5 Å². The molecule has 0 amide bonds. The average molecular weight is 294 g/mol. The van der Waals surface area contributed by atoms with E-state index in [1.54, 1.807) is 24.5 Å². The Morgan fingerprint density at radius 2 is 2.15 bits per heavy atom. The number of rotatable bonds is 3. The Hall–Kier alpha value is -2.01. The van der Waals surface area contributed by atoms with Gasteiger partial charge >= 0.3 is 5.97 Å². The van der Waals surface area contributed by atoms with Crippen LogP contribution in [-0.4, -0.2) is 22.1 Å². The molecule has 106 valence electrons. The number of hydrogen-bond acceptors (Lipinski definition) is 4. The van der Waals surface area contributed by atoms with Crippen LogP contribution in [0.25, 0.3) is 5.69 Å². The normalized spacial score (nSPS) is 10.6. The summed E-state index contributed by atoms with van der Waals surface area (Å²) in [5.41, 5.74) is 7.96. The van der Waals surface area contributed by atoms with Crippen LogP contribution in [0.4, 0.5) is 5.82 Å². The first-order valence-corrected chi connectivity index (χ1v) is 6.62. The molecular weight excluding hydrogens is 278 g/mol. The van der Waals surface area contributed by atoms with Crippen molar-refractivity contribution in [2.24, 2.45) is 0 Å². The monoisotopic (exact) mass is 293 g/mol. The number of benzene rings is 1. The number of aromatic nitrogens is 2. The summed E-state index contributed by atoms with van der Waals surface area (Å²) in [5.74, 6) is 0.376. The van der Waals surface area contributed by atoms with E-state index >= 15 is 0 Å². The number of aryl methyl sites for hydroxylation is 2. The van der Waals surface area contributed by atoms with Crippen LogP contribution in [0.5, 0.6) is 0 Å². The van der Waals surface area contributed by atoms with E-state index in [0.29, 0.717) is 10.8 Å². The summed E-state index contributed by atoms with van der Waals surface area (Å²) < 4.78 is 6.67. The topological polar surface area (TPSA) is 70.1 Å². The summed E-state index contributed by atoms with van der Waals surface area (Å²) in [5, 5.41) is 0.646. The van der Waals surface area contributed by atoms with E-state index in [2.05, 4.69) is 4.98 Å². The molecular formula is C14H16ClN3O2. The van der Waals surface area contributed by atoms with E-state index in [1.807, 2.05) is 19.1 Å². The summed E-state index contributed by atoms with van der Waals surface area (Å²) >= 11 is 5.95. The van der Waals surface area contributed by atoms with Crippen LogP contribution < -0.4 is 5.73 Å². The van der Waals surface area contributed by atoms with Gasteiger partial charge in [0.25, 0.3) is 0 Å². The minimum absolute atomic E-state index is 0.138. The summed E-state index contributed by atoms with van der Waals surface area (Å²) in [6, 6.07) is 5.45. The van der Waals surface area contributed by atoms with Gasteiger partial charge in [-0.25, -0.2) is 9.78 Å². The van der Waals surface area contributed by atoms with Crippen molar-refractivity contribution in [3.8, 4) is 5.69 Å². The molecule has 0 radical (unpaired) electrons. The standard InChI is InChI=1S/C14H16ClN3O2/c1-4-20-14(19)12-13(16)18(9(3)17-12)11-6-5-10(15)7-8(11)2/h5-7H,4,16H2,1-3H3. The Kier molecular flexibility index (Phi) is 3.99. The van der Waals surface area contributed by atoms with Crippen molar-refractivity contribution < 1.29 is 9.53 Å². The first-order chi connectivity index (χ1) is 9.45. The van der Waals surface area contributed by atoms with Crippen molar-refractivity contribution in [2.75, 3.05) is 12.3 Å². The van der Waals surface area contributed by atoms with Gasteiger partial charge in [0, 0.05) is 5.02 Å². The Labute approximate surface area is 122 Å². The molecule has 5 nitrogen and oxygen atoms in total. The molecule has 2 aromatic rings. The molecule has 0 atom stereocenters. The Bertz CT molecular complexity index is 665. The van der Waals surface area contributed by atoms with Gasteiger partial charge in [0.15, 0.2) is 5.69 Å². The zero-order valence-corrected chi connectivity index (χ0v) is 12.4. The van der Waals surface area contributed by atoms with Crippen LogP contribution in [0.2, 0.25) is 5.02 Å². The molecule has 0 aliphatic rings. The van der Waals surface area contributed by atoms with Crippen molar-refractivity contribution in [3.63, 3.8) is 0 Å². The fourth-order valence-corrected chi connectivity index (χ4v) is 2.30. The molecule has 0 saturated carbocycles. The molecule has 1 aromatic heterocycles. The van der Waals surface area contributed by atoms with E-state index < -0.39 is 5.97 Å². The Morgan fingerprint density at radius 1 is 1.45 bits per heavy atom. The van der Waals surface area contributed by atoms with E-state index in [9.17, 15) is 4.79 Å². The predicted octanol–water partition coefficient (Wildman–Crippen LogP) is 2.90. The van der Waals surface area contributed by atoms with Crippen molar-refractivity contribution in [1.29, 1.82) is 0 Å². The molecule has 0 aliphatic carbocycles. The molecule has 6 heteroatoms. The molecule has 20 heavy (non-hydrogen) atoms. The fraction of sp³-hybridized carbons (Fsp3) is 0.286. The molecule has 0 bridgehead atoms. The highest BCUT2D eigenvalue weighted by Crippen LogP contribution is 2.25. The first kappa shape index (κ1) is 14.4. The molecule has 0 aliphatic heterocycles. The van der Waals surface area contributed by atoms with Crippen LogP contribution in [0, 0.1) is 13.8 Å². The number of halogens is 1. The summed E-state index contributed by atoms with van der Waals surface area (Å²) in [6.07, 6.45) is 0. The summed E-state index contributed by atoms with van der Waals surface area (Å²) in [4.78, 5) is 16.0. The molecule has 1 heterocycles. The number of ether oxygens (including phenoxy) is 1. The molecule has 2 N–H and O–H groups in total. The minimum Gasteiger partial charge on any atom is -0.461 e. The number of imidazole rings is 1. The first-order valence-electron chi connectivity index (χ1n) is 6.24. The lowest BCUT2D eigenvalue weighted by molar-refractivity contribution is 0.0521. The lowest BCUT2D eigenvalue weighted by atomic mass is 10.2. The van der Waals surface area contributed by atoms with Crippen LogP contribution >= 0.6 is 11.6 Å². The number of esters is 1. The van der Waals surface area contributed by atoms with Gasteiger partial charge in [-0.3, -0.25) is 4.57 Å². The lowest BCUT2D eigenvalue weighted by Crippen LogP contribution is -2.10. The molecule has 2 rings (SSSR count). The number of hydrogen-bond donors (Lipinski definition) is 1. The number of nitrogen functional groups attached to an aromatic ring is 1. The highest BCUT2D eigenvalue weighted by molar-refractivity contribution is 6.30. The van der Waals surface area contributed by atoms with Crippen LogP contribution in [0.15, 0.2) is 18.2 Å². The van der Waals surface area contributed by atoms with E-state index in [-0.39, 0.29) is 18.1 Å². The highest BCUT2D eigenvalue weighted by atomic mass is 35.5. The van der Waals surface area contributed by atoms with Crippen LogP contribution in [-0.2, 0) is 4.74 Å². The van der Waals surface area contributed by atoms with Gasteiger partial charge in [0.1, 0.15) is 11.6 Å². The van der Waals surface area contributed by atoms with E-state index in [0.717, 1.165) is 11.3 Å². The summed E-state index contributed by atoms with van der Waals surface area (Å²) in [7, 11) is 0. The zero-order valence-electron chi connectivity index (χ0n) is 11.6. The minimum atomic E-state index is -0.515. The maximum atomic E-state index is 11.8. The van der Waals surface area contributed by atoms with Crippen LogP contribution in [0.1, 0.15) is 28.8 Å². The van der Waals surface area contributed by atoms with E-state index in [1.165, 1.54) is 0 Å². The quantitative estimate of drug-likeness (QED) is 0.883. The maximum Gasteiger partial charge on any atom is 0.360 e. The Balaban J connectivity index is 2.55. The smallest absolute Gasteiger partial charge is 0.360 e. The average Bonchev–Trinajstić information content (AvgIpc) is 2.66. The maximum absolute atomic E-state index is 11.8. The molecule has 0 fully saturated rings. The van der Waals surface area contributed by atoms with Crippen molar-refractivity contribution in [3.05, 3.63) is 40.3 Å². The Morgan fingerprint density at radius 3 is 2.75 bits per heavy atom. The second kappa shape index (κ2) is 5.54. The fourth-order valence-electron chi connectivity index (χ4n) is 2.07. The third-order valence-corrected chi connectivity index (χ3v) is 3.18. The number of anilines is 1. The third-order valence-electron chi connectivity index (χ3n) is 2.95. The zero-order chi connectivity index (χ0) is 14.9. The van der Waals surface area contributed by atoms with Gasteiger partial charge in [0.05, 0.1) is 12.3 Å². The number of nitrogens with zero attached hydrogens (tertiary/aromatic N) is 2. The van der Waals surface area contributed by atoms with Gasteiger partial charge < -0.3 is 10.5 Å². The molecule has 0 unspecified atom stereocenters. The van der Waals surface area contributed by atoms with Gasteiger partial charge in [-0.1, -0.05) is 11.6 Å². The molecule has 0 saturated heterocycles. The summed E-state index contributed by atoms with van der Waals surface area (Å²) in [6.45, 7) is 5.72. The second-order valence-corrected chi connectivity index (χ2v) is 4.82. The molecule has 1 aromatic carbocycles. The highest BCUT2D eigenvalue weighted by Gasteiger charge is 2.21. The van der Waals surface area contributed by atoms with Gasteiger partial charge in [-0.15, -0.1) is 0 Å². The SMILES string of the molecule is CCOC(=O)c1nc(C)n(-c2ccc(Cl)cc2C)c1N. The van der Waals surface area contributed by atoms with Crippen molar-refractivity contribution in [1.82, 2.24) is 9.55 Å². The second-order valence-electron chi connectivity index (χ2n) is 4.38. The third kappa shape index (κ3) is 2.49. The number of carbonyl (C=O) groups is 1. The van der Waals surface area contributed by atoms with Gasteiger partial charge in [0.2, 0.25) is 0 Å². The predicted molar refractivity (Wildman–Crippen MR) is 78.4 cm³/mol. The van der Waals surface area contributed by atoms with Gasteiger partial charge in [-0.2, -0.15) is 0 Å². The number of nitrogens with two attached hydrogens (primary N) is 1.